The molecule has 1 amide bonds. The fourth-order valence-corrected chi connectivity index (χ4v) is 1.57. The topological polar surface area (TPSA) is 74.6 Å². The maximum Gasteiger partial charge on any atom is 0.274 e. The van der Waals surface area contributed by atoms with Gasteiger partial charge >= 0.3 is 0 Å². The first-order valence-corrected chi connectivity index (χ1v) is 5.72. The lowest BCUT2D eigenvalue weighted by atomic mass is 10.1. The van der Waals surface area contributed by atoms with Crippen LogP contribution in [0.5, 0.6) is 0 Å². The highest BCUT2D eigenvalue weighted by atomic mass is 16.4. The predicted molar refractivity (Wildman–Crippen MR) is 72.6 cm³/mol. The Morgan fingerprint density at radius 3 is 2.79 bits per heavy atom. The molecule has 0 saturated heterocycles. The van der Waals surface area contributed by atoms with Crippen molar-refractivity contribution in [1.29, 1.82) is 0 Å². The van der Waals surface area contributed by atoms with Crippen LogP contribution < -0.4 is 5.32 Å². The van der Waals surface area contributed by atoms with Gasteiger partial charge in [0, 0.05) is 17.4 Å². The Morgan fingerprint density at radius 2 is 2.11 bits per heavy atom. The summed E-state index contributed by atoms with van der Waals surface area (Å²) in [4.78, 5) is 15.9. The third-order valence-electron chi connectivity index (χ3n) is 2.59. The Kier molecular flexibility index (Phi) is 3.87. The molecular formula is C14H13N3O2. The van der Waals surface area contributed by atoms with Crippen LogP contribution in [0.3, 0.4) is 0 Å². The van der Waals surface area contributed by atoms with Crippen LogP contribution in [0.25, 0.3) is 0 Å². The molecule has 0 aliphatic rings. The van der Waals surface area contributed by atoms with Gasteiger partial charge in [0.2, 0.25) is 0 Å². The van der Waals surface area contributed by atoms with Gasteiger partial charge in [-0.3, -0.25) is 9.78 Å². The van der Waals surface area contributed by atoms with E-state index in [2.05, 4.69) is 15.5 Å². The lowest BCUT2D eigenvalue weighted by molar-refractivity contribution is 0.102. The number of carbonyl (C=O) groups is 1. The largest absolute Gasteiger partial charge is 0.411 e. The number of pyridine rings is 1. The average molecular weight is 255 g/mol. The third kappa shape index (κ3) is 3.16. The standard InChI is InChI=1S/C14H13N3O2/c1-10(17-19)11-5-4-6-12(9-11)16-14(18)13-7-2-3-8-15-13/h2-9,19H,1H3,(H,16,18)/b17-10+. The summed E-state index contributed by atoms with van der Waals surface area (Å²) in [5.41, 5.74) is 2.19. The number of benzene rings is 1. The maximum atomic E-state index is 11.9. The van der Waals surface area contributed by atoms with Gasteiger partial charge in [0.15, 0.2) is 0 Å². The van der Waals surface area contributed by atoms with Gasteiger partial charge < -0.3 is 10.5 Å². The number of amides is 1. The van der Waals surface area contributed by atoms with Crippen LogP contribution in [0.15, 0.2) is 53.8 Å². The zero-order valence-corrected chi connectivity index (χ0v) is 10.4. The summed E-state index contributed by atoms with van der Waals surface area (Å²) >= 11 is 0. The molecule has 0 fully saturated rings. The molecule has 96 valence electrons. The molecular weight excluding hydrogens is 242 g/mol. The highest BCUT2D eigenvalue weighted by molar-refractivity contribution is 6.04. The molecule has 1 heterocycles. The maximum absolute atomic E-state index is 11.9. The Hall–Kier alpha value is -2.69. The van der Waals surface area contributed by atoms with Crippen LogP contribution in [0, 0.1) is 0 Å². The molecule has 1 aromatic carbocycles. The van der Waals surface area contributed by atoms with E-state index in [-0.39, 0.29) is 5.91 Å². The van der Waals surface area contributed by atoms with Gasteiger partial charge in [-0.2, -0.15) is 0 Å². The highest BCUT2D eigenvalue weighted by Crippen LogP contribution is 2.12. The molecule has 0 unspecified atom stereocenters. The summed E-state index contributed by atoms with van der Waals surface area (Å²) < 4.78 is 0. The van der Waals surface area contributed by atoms with Crippen LogP contribution in [-0.4, -0.2) is 21.8 Å². The molecule has 19 heavy (non-hydrogen) atoms. The van der Waals surface area contributed by atoms with E-state index < -0.39 is 0 Å². The second-order valence-corrected chi connectivity index (χ2v) is 3.94. The van der Waals surface area contributed by atoms with Gasteiger partial charge in [-0.25, -0.2) is 0 Å². The van der Waals surface area contributed by atoms with E-state index in [1.807, 2.05) is 0 Å². The van der Waals surface area contributed by atoms with Crippen LogP contribution in [-0.2, 0) is 0 Å². The SMILES string of the molecule is C/C(=N\O)c1cccc(NC(=O)c2ccccn2)c1. The number of hydrogen-bond donors (Lipinski definition) is 2. The first-order chi connectivity index (χ1) is 9.20. The van der Waals surface area contributed by atoms with Crippen molar-refractivity contribution in [1.82, 2.24) is 4.98 Å². The summed E-state index contributed by atoms with van der Waals surface area (Å²) in [6.45, 7) is 1.68. The van der Waals surface area contributed by atoms with E-state index in [0.29, 0.717) is 17.1 Å². The minimum absolute atomic E-state index is 0.281. The monoisotopic (exact) mass is 255 g/mol. The van der Waals surface area contributed by atoms with E-state index in [9.17, 15) is 4.79 Å². The van der Waals surface area contributed by atoms with E-state index in [0.717, 1.165) is 5.56 Å². The van der Waals surface area contributed by atoms with Gasteiger partial charge in [0.05, 0.1) is 5.71 Å². The van der Waals surface area contributed by atoms with Crippen LogP contribution >= 0.6 is 0 Å². The quantitative estimate of drug-likeness (QED) is 0.502. The number of rotatable bonds is 3. The van der Waals surface area contributed by atoms with Crippen molar-refractivity contribution < 1.29 is 10.0 Å². The number of aromatic nitrogens is 1. The van der Waals surface area contributed by atoms with Gasteiger partial charge in [-0.1, -0.05) is 23.4 Å². The molecule has 0 atom stereocenters. The molecule has 5 nitrogen and oxygen atoms in total. The van der Waals surface area contributed by atoms with E-state index in [1.54, 1.807) is 55.6 Å². The fourth-order valence-electron chi connectivity index (χ4n) is 1.57. The van der Waals surface area contributed by atoms with Crippen molar-refractivity contribution in [2.75, 3.05) is 5.32 Å². The fraction of sp³-hybridized carbons (Fsp3) is 0.0714. The van der Waals surface area contributed by atoms with E-state index in [1.165, 1.54) is 0 Å². The minimum atomic E-state index is -0.281. The molecule has 2 N–H and O–H groups in total. The van der Waals surface area contributed by atoms with E-state index in [4.69, 9.17) is 5.21 Å². The third-order valence-corrected chi connectivity index (χ3v) is 2.59. The number of hydrogen-bond acceptors (Lipinski definition) is 4. The Balaban J connectivity index is 2.18. The molecule has 0 saturated carbocycles. The van der Waals surface area contributed by atoms with Gasteiger partial charge in [0.25, 0.3) is 5.91 Å². The molecule has 0 bridgehead atoms. The summed E-state index contributed by atoms with van der Waals surface area (Å²) in [5.74, 6) is -0.281. The summed E-state index contributed by atoms with van der Waals surface area (Å²) in [6, 6.07) is 12.2. The normalized spacial score (nSPS) is 11.1. The summed E-state index contributed by atoms with van der Waals surface area (Å²) in [7, 11) is 0. The second kappa shape index (κ2) is 5.77. The van der Waals surface area contributed by atoms with Gasteiger partial charge in [-0.05, 0) is 31.2 Å². The predicted octanol–water partition coefficient (Wildman–Crippen LogP) is 2.53. The van der Waals surface area contributed by atoms with E-state index >= 15 is 0 Å². The van der Waals surface area contributed by atoms with Crippen LogP contribution in [0.4, 0.5) is 5.69 Å². The van der Waals surface area contributed by atoms with Gasteiger partial charge in [-0.15, -0.1) is 0 Å². The smallest absolute Gasteiger partial charge is 0.274 e. The molecule has 0 spiro atoms. The minimum Gasteiger partial charge on any atom is -0.411 e. The van der Waals surface area contributed by atoms with Crippen molar-refractivity contribution in [3.8, 4) is 0 Å². The number of oxime groups is 1. The van der Waals surface area contributed by atoms with Crippen molar-refractivity contribution in [2.24, 2.45) is 5.16 Å². The van der Waals surface area contributed by atoms with Crippen LogP contribution in [0.2, 0.25) is 0 Å². The van der Waals surface area contributed by atoms with Crippen molar-refractivity contribution >= 4 is 17.3 Å². The molecule has 2 aromatic rings. The average Bonchev–Trinajstić information content (AvgIpc) is 2.47. The van der Waals surface area contributed by atoms with Crippen molar-refractivity contribution in [3.63, 3.8) is 0 Å². The second-order valence-electron chi connectivity index (χ2n) is 3.94. The molecule has 5 heteroatoms. The lowest BCUT2D eigenvalue weighted by Gasteiger charge is -2.06. The summed E-state index contributed by atoms with van der Waals surface area (Å²) in [6.07, 6.45) is 1.56. The molecule has 0 aliphatic carbocycles. The highest BCUT2D eigenvalue weighted by Gasteiger charge is 2.07. The number of nitrogens with zero attached hydrogens (tertiary/aromatic N) is 2. The lowest BCUT2D eigenvalue weighted by Crippen LogP contribution is -2.13. The van der Waals surface area contributed by atoms with Gasteiger partial charge in [0.1, 0.15) is 5.69 Å². The Morgan fingerprint density at radius 1 is 1.26 bits per heavy atom. The number of nitrogens with one attached hydrogen (secondary N) is 1. The first-order valence-electron chi connectivity index (χ1n) is 5.72. The Bertz CT molecular complexity index is 609. The first kappa shape index (κ1) is 12.8. The summed E-state index contributed by atoms with van der Waals surface area (Å²) in [5, 5.41) is 14.6. The number of anilines is 1. The molecule has 2 rings (SSSR count). The molecule has 0 radical (unpaired) electrons. The number of carbonyl (C=O) groups excluding carboxylic acids is 1. The Labute approximate surface area is 110 Å². The molecule has 0 aliphatic heterocycles. The van der Waals surface area contributed by atoms with Crippen molar-refractivity contribution in [3.05, 3.63) is 59.9 Å². The van der Waals surface area contributed by atoms with Crippen LogP contribution in [0.1, 0.15) is 23.0 Å². The van der Waals surface area contributed by atoms with Crippen molar-refractivity contribution in [2.45, 2.75) is 6.92 Å². The zero-order valence-electron chi connectivity index (χ0n) is 10.4. The molecule has 1 aromatic heterocycles. The zero-order chi connectivity index (χ0) is 13.7.